The van der Waals surface area contributed by atoms with Gasteiger partial charge in [-0.25, -0.2) is 0 Å². The molecular formula is C10H21N3. The second kappa shape index (κ2) is 6.88. The first kappa shape index (κ1) is 12.4. The Morgan fingerprint density at radius 2 is 1.77 bits per heavy atom. The summed E-state index contributed by atoms with van der Waals surface area (Å²) in [6, 6.07) is 3.19. The van der Waals surface area contributed by atoms with Gasteiger partial charge in [-0.05, 0) is 13.8 Å². The van der Waals surface area contributed by atoms with Gasteiger partial charge in [0, 0.05) is 25.2 Å². The van der Waals surface area contributed by atoms with Crippen molar-refractivity contribution in [1.29, 1.82) is 5.26 Å². The molecule has 3 heteroatoms. The number of hydrogen-bond acceptors (Lipinski definition) is 3. The highest BCUT2D eigenvalue weighted by Gasteiger charge is 2.23. The Morgan fingerprint density at radius 1 is 1.31 bits per heavy atom. The molecule has 0 amide bonds. The maximum Gasteiger partial charge on any atom is 0.0871 e. The van der Waals surface area contributed by atoms with E-state index in [-0.39, 0.29) is 0 Å². The number of nitrogens with zero attached hydrogens (tertiary/aromatic N) is 2. The van der Waals surface area contributed by atoms with E-state index in [1.54, 1.807) is 0 Å². The van der Waals surface area contributed by atoms with Crippen LogP contribution >= 0.6 is 0 Å². The summed E-state index contributed by atoms with van der Waals surface area (Å²) in [6.45, 7) is 10.9. The second-order valence-corrected chi connectivity index (χ2v) is 3.19. The molecule has 1 fully saturated rings. The van der Waals surface area contributed by atoms with E-state index in [0.29, 0.717) is 18.6 Å². The minimum Gasteiger partial charge on any atom is -0.314 e. The minimum absolute atomic E-state index is 0.499. The van der Waals surface area contributed by atoms with Crippen molar-refractivity contribution in [2.75, 3.05) is 19.6 Å². The van der Waals surface area contributed by atoms with Gasteiger partial charge in [0.1, 0.15) is 0 Å². The summed E-state index contributed by atoms with van der Waals surface area (Å²) >= 11 is 0. The third-order valence-corrected chi connectivity index (χ3v) is 2.27. The quantitative estimate of drug-likeness (QED) is 0.621. The lowest BCUT2D eigenvalue weighted by Crippen LogP contribution is -2.54. The minimum atomic E-state index is 0.499. The van der Waals surface area contributed by atoms with Crippen LogP contribution in [0.1, 0.15) is 27.7 Å². The van der Waals surface area contributed by atoms with Crippen LogP contribution in [-0.4, -0.2) is 36.6 Å². The molecule has 1 aliphatic rings. The predicted octanol–water partition coefficient (Wildman–Crippen LogP) is 1.22. The maximum absolute atomic E-state index is 8.54. The van der Waals surface area contributed by atoms with Crippen molar-refractivity contribution in [3.63, 3.8) is 0 Å². The Kier molecular flexibility index (Phi) is 6.56. The van der Waals surface area contributed by atoms with Gasteiger partial charge in [-0.15, -0.1) is 0 Å². The van der Waals surface area contributed by atoms with E-state index in [2.05, 4.69) is 30.1 Å². The Balaban J connectivity index is 0.000000671. The molecule has 13 heavy (non-hydrogen) atoms. The van der Waals surface area contributed by atoms with Gasteiger partial charge in [0.05, 0.1) is 12.6 Å². The van der Waals surface area contributed by atoms with Crippen molar-refractivity contribution in [1.82, 2.24) is 10.2 Å². The lowest BCUT2D eigenvalue weighted by molar-refractivity contribution is 0.135. The van der Waals surface area contributed by atoms with E-state index in [1.807, 2.05) is 13.8 Å². The van der Waals surface area contributed by atoms with Crippen LogP contribution in [0, 0.1) is 11.3 Å². The van der Waals surface area contributed by atoms with Gasteiger partial charge in [-0.2, -0.15) is 5.26 Å². The fourth-order valence-electron chi connectivity index (χ4n) is 1.56. The molecule has 0 bridgehead atoms. The van der Waals surface area contributed by atoms with Crippen LogP contribution in [0.3, 0.4) is 0 Å². The molecule has 1 rings (SSSR count). The Bertz CT molecular complexity index is 152. The molecule has 1 N–H and O–H groups in total. The van der Waals surface area contributed by atoms with E-state index in [0.717, 1.165) is 13.1 Å². The standard InChI is InChI=1S/C8H15N3.C2H6/c1-7-5-10-6-8(2)11(7)4-3-9;1-2/h7-8,10H,4-6H2,1-2H3;1-2H3. The molecule has 1 saturated heterocycles. The molecule has 76 valence electrons. The fourth-order valence-corrected chi connectivity index (χ4v) is 1.56. The van der Waals surface area contributed by atoms with Gasteiger partial charge in [0.25, 0.3) is 0 Å². The number of rotatable bonds is 1. The third kappa shape index (κ3) is 3.75. The molecule has 2 unspecified atom stereocenters. The SMILES string of the molecule is CC.CC1CNCC(C)N1CC#N. The molecule has 0 saturated carbocycles. The topological polar surface area (TPSA) is 39.1 Å². The normalized spacial score (nSPS) is 28.5. The van der Waals surface area contributed by atoms with Crippen LogP contribution in [0.4, 0.5) is 0 Å². The Labute approximate surface area is 81.7 Å². The van der Waals surface area contributed by atoms with Gasteiger partial charge in [0.15, 0.2) is 0 Å². The van der Waals surface area contributed by atoms with Gasteiger partial charge < -0.3 is 5.32 Å². The second-order valence-electron chi connectivity index (χ2n) is 3.19. The van der Waals surface area contributed by atoms with E-state index in [1.165, 1.54) is 0 Å². The molecule has 3 nitrogen and oxygen atoms in total. The molecule has 0 spiro atoms. The largest absolute Gasteiger partial charge is 0.314 e. The van der Waals surface area contributed by atoms with Crippen LogP contribution in [0.5, 0.6) is 0 Å². The average Bonchev–Trinajstić information content (AvgIpc) is 2.15. The predicted molar refractivity (Wildman–Crippen MR) is 55.5 cm³/mol. The maximum atomic E-state index is 8.54. The summed E-state index contributed by atoms with van der Waals surface area (Å²) in [7, 11) is 0. The third-order valence-electron chi connectivity index (χ3n) is 2.27. The Morgan fingerprint density at radius 3 is 2.15 bits per heavy atom. The number of piperazine rings is 1. The molecule has 0 radical (unpaired) electrons. The zero-order valence-corrected chi connectivity index (χ0v) is 9.17. The van der Waals surface area contributed by atoms with E-state index in [9.17, 15) is 0 Å². The van der Waals surface area contributed by atoms with Crippen molar-refractivity contribution in [3.8, 4) is 6.07 Å². The highest BCUT2D eigenvalue weighted by Crippen LogP contribution is 2.07. The molecule has 1 aliphatic heterocycles. The van der Waals surface area contributed by atoms with E-state index in [4.69, 9.17) is 5.26 Å². The molecule has 1 heterocycles. The van der Waals surface area contributed by atoms with Crippen LogP contribution in [0.25, 0.3) is 0 Å². The van der Waals surface area contributed by atoms with Gasteiger partial charge in [-0.1, -0.05) is 13.8 Å². The van der Waals surface area contributed by atoms with E-state index >= 15 is 0 Å². The molecule has 0 aliphatic carbocycles. The first-order valence-corrected chi connectivity index (χ1v) is 5.09. The Hall–Kier alpha value is -0.590. The van der Waals surface area contributed by atoms with Crippen LogP contribution in [-0.2, 0) is 0 Å². The van der Waals surface area contributed by atoms with Crippen molar-refractivity contribution >= 4 is 0 Å². The number of hydrogen-bond donors (Lipinski definition) is 1. The first-order chi connectivity index (χ1) is 6.25. The van der Waals surface area contributed by atoms with Crippen LogP contribution in [0.15, 0.2) is 0 Å². The summed E-state index contributed by atoms with van der Waals surface area (Å²) in [6.07, 6.45) is 0. The fraction of sp³-hybridized carbons (Fsp3) is 0.900. The van der Waals surface area contributed by atoms with Crippen molar-refractivity contribution < 1.29 is 0 Å². The molecule has 0 aromatic carbocycles. The van der Waals surface area contributed by atoms with Crippen LogP contribution in [0.2, 0.25) is 0 Å². The lowest BCUT2D eigenvalue weighted by atomic mass is 10.1. The molecule has 0 aromatic heterocycles. The summed E-state index contributed by atoms with van der Waals surface area (Å²) in [5, 5.41) is 11.9. The van der Waals surface area contributed by atoms with Gasteiger partial charge in [-0.3, -0.25) is 4.90 Å². The first-order valence-electron chi connectivity index (χ1n) is 5.09. The van der Waals surface area contributed by atoms with Crippen molar-refractivity contribution in [3.05, 3.63) is 0 Å². The zero-order valence-electron chi connectivity index (χ0n) is 9.17. The van der Waals surface area contributed by atoms with Gasteiger partial charge >= 0.3 is 0 Å². The van der Waals surface area contributed by atoms with Crippen molar-refractivity contribution in [2.45, 2.75) is 39.8 Å². The average molecular weight is 183 g/mol. The van der Waals surface area contributed by atoms with Crippen LogP contribution < -0.4 is 5.32 Å². The summed E-state index contributed by atoms with van der Waals surface area (Å²) in [5.74, 6) is 0. The van der Waals surface area contributed by atoms with E-state index < -0.39 is 0 Å². The summed E-state index contributed by atoms with van der Waals surface area (Å²) in [5.41, 5.74) is 0. The molecular weight excluding hydrogens is 162 g/mol. The zero-order chi connectivity index (χ0) is 10.3. The number of nitriles is 1. The molecule has 0 aromatic rings. The summed E-state index contributed by atoms with van der Waals surface area (Å²) in [4.78, 5) is 2.23. The van der Waals surface area contributed by atoms with Gasteiger partial charge in [0.2, 0.25) is 0 Å². The lowest BCUT2D eigenvalue weighted by Gasteiger charge is -2.37. The highest BCUT2D eigenvalue weighted by molar-refractivity contribution is 4.88. The molecule has 2 atom stereocenters. The van der Waals surface area contributed by atoms with Crippen molar-refractivity contribution in [2.24, 2.45) is 0 Å². The number of nitrogens with one attached hydrogen (secondary N) is 1. The summed E-state index contributed by atoms with van der Waals surface area (Å²) < 4.78 is 0. The highest BCUT2D eigenvalue weighted by atomic mass is 15.2. The smallest absolute Gasteiger partial charge is 0.0871 e. The monoisotopic (exact) mass is 183 g/mol.